The van der Waals surface area contributed by atoms with Crippen LogP contribution in [0.2, 0.25) is 5.15 Å². The van der Waals surface area contributed by atoms with E-state index in [1.54, 1.807) is 25.3 Å². The fourth-order valence-corrected chi connectivity index (χ4v) is 2.09. The second-order valence-electron chi connectivity index (χ2n) is 3.72. The number of hydrogen-bond acceptors (Lipinski definition) is 4. The number of carbonyl (C=O) groups is 1. The van der Waals surface area contributed by atoms with Gasteiger partial charge in [0, 0.05) is 6.07 Å². The molecular formula is C13H9BrClNO4. The summed E-state index contributed by atoms with van der Waals surface area (Å²) in [5.74, 6) is 0.125. The van der Waals surface area contributed by atoms with E-state index in [1.165, 1.54) is 12.1 Å². The zero-order valence-corrected chi connectivity index (χ0v) is 12.6. The molecule has 0 bridgehead atoms. The van der Waals surface area contributed by atoms with E-state index >= 15 is 0 Å². The second-order valence-corrected chi connectivity index (χ2v) is 4.96. The highest BCUT2D eigenvalue weighted by Gasteiger charge is 2.11. The number of rotatable bonds is 4. The van der Waals surface area contributed by atoms with Gasteiger partial charge in [0.1, 0.15) is 16.7 Å². The minimum absolute atomic E-state index is 0.00429. The molecule has 1 aromatic heterocycles. The first-order valence-electron chi connectivity index (χ1n) is 5.42. The maximum atomic E-state index is 10.9. The van der Waals surface area contributed by atoms with E-state index in [0.29, 0.717) is 16.0 Å². The summed E-state index contributed by atoms with van der Waals surface area (Å²) in [5, 5.41) is 9.00. The predicted octanol–water partition coefficient (Wildman–Crippen LogP) is 4.00. The number of methoxy groups -OCH3 is 1. The van der Waals surface area contributed by atoms with Crippen LogP contribution >= 0.6 is 27.5 Å². The summed E-state index contributed by atoms with van der Waals surface area (Å²) in [6.45, 7) is 0. The van der Waals surface area contributed by atoms with Gasteiger partial charge in [-0.15, -0.1) is 0 Å². The second kappa shape index (κ2) is 6.11. The summed E-state index contributed by atoms with van der Waals surface area (Å²) in [5.41, 5.74) is 0.00429. The molecule has 0 aliphatic heterocycles. The van der Waals surface area contributed by atoms with Crippen LogP contribution in [-0.4, -0.2) is 23.2 Å². The van der Waals surface area contributed by atoms with Crippen molar-refractivity contribution < 1.29 is 19.4 Å². The van der Waals surface area contributed by atoms with Gasteiger partial charge in [0.15, 0.2) is 0 Å². The average Bonchev–Trinajstić information content (AvgIpc) is 2.40. The summed E-state index contributed by atoms with van der Waals surface area (Å²) in [4.78, 5) is 14.9. The lowest BCUT2D eigenvalue weighted by atomic mass is 10.3. The maximum absolute atomic E-state index is 10.9. The van der Waals surface area contributed by atoms with Crippen molar-refractivity contribution in [2.75, 3.05) is 7.11 Å². The van der Waals surface area contributed by atoms with Crippen molar-refractivity contribution in [3.8, 4) is 17.4 Å². The summed E-state index contributed by atoms with van der Waals surface area (Å²) in [6, 6.07) is 7.65. The van der Waals surface area contributed by atoms with E-state index in [2.05, 4.69) is 20.9 Å². The summed E-state index contributed by atoms with van der Waals surface area (Å²) >= 11 is 9.09. The van der Waals surface area contributed by atoms with Gasteiger partial charge in [-0.05, 0) is 40.2 Å². The number of hydrogen-bond donors (Lipinski definition) is 1. The third-order valence-corrected chi connectivity index (χ3v) is 3.18. The van der Waals surface area contributed by atoms with Gasteiger partial charge in [-0.2, -0.15) is 0 Å². The highest BCUT2D eigenvalue weighted by atomic mass is 79.9. The smallest absolute Gasteiger partial charge is 0.335 e. The summed E-state index contributed by atoms with van der Waals surface area (Å²) < 4.78 is 11.2. The van der Waals surface area contributed by atoms with Crippen LogP contribution in [0, 0.1) is 0 Å². The molecule has 20 heavy (non-hydrogen) atoms. The first kappa shape index (κ1) is 14.6. The lowest BCUT2D eigenvalue weighted by Crippen LogP contribution is -1.99. The van der Waals surface area contributed by atoms with Gasteiger partial charge >= 0.3 is 5.97 Å². The number of benzene rings is 1. The van der Waals surface area contributed by atoms with Crippen molar-refractivity contribution in [1.29, 1.82) is 0 Å². The molecule has 0 saturated carbocycles. The van der Waals surface area contributed by atoms with E-state index in [-0.39, 0.29) is 16.6 Å². The first-order valence-corrected chi connectivity index (χ1v) is 6.59. The van der Waals surface area contributed by atoms with Crippen molar-refractivity contribution in [2.45, 2.75) is 0 Å². The SMILES string of the molecule is COc1ccc(Oc2cc(C(=O)O)cc(Cl)n2)c(Br)c1. The minimum Gasteiger partial charge on any atom is -0.497 e. The normalized spacial score (nSPS) is 10.2. The van der Waals surface area contributed by atoms with Crippen LogP contribution in [0.25, 0.3) is 0 Å². The van der Waals surface area contributed by atoms with Crippen LogP contribution < -0.4 is 9.47 Å². The minimum atomic E-state index is -1.10. The van der Waals surface area contributed by atoms with Crippen LogP contribution in [0.3, 0.4) is 0 Å². The first-order chi connectivity index (χ1) is 9.49. The molecule has 1 heterocycles. The molecule has 1 N–H and O–H groups in total. The molecule has 2 aromatic rings. The van der Waals surface area contributed by atoms with E-state index in [1.807, 2.05) is 0 Å². The lowest BCUT2D eigenvalue weighted by Gasteiger charge is -2.09. The van der Waals surface area contributed by atoms with Crippen molar-refractivity contribution >= 4 is 33.5 Å². The van der Waals surface area contributed by atoms with Crippen molar-refractivity contribution in [3.63, 3.8) is 0 Å². The van der Waals surface area contributed by atoms with Crippen LogP contribution in [0.5, 0.6) is 17.4 Å². The van der Waals surface area contributed by atoms with E-state index in [4.69, 9.17) is 26.2 Å². The zero-order chi connectivity index (χ0) is 14.7. The quantitative estimate of drug-likeness (QED) is 0.837. The fourth-order valence-electron chi connectivity index (χ4n) is 1.45. The maximum Gasteiger partial charge on any atom is 0.335 e. The van der Waals surface area contributed by atoms with E-state index in [9.17, 15) is 4.79 Å². The van der Waals surface area contributed by atoms with Crippen LogP contribution in [0.1, 0.15) is 10.4 Å². The molecule has 0 fully saturated rings. The lowest BCUT2D eigenvalue weighted by molar-refractivity contribution is 0.0696. The Morgan fingerprint density at radius 2 is 2.10 bits per heavy atom. The highest BCUT2D eigenvalue weighted by Crippen LogP contribution is 2.32. The van der Waals surface area contributed by atoms with Crippen LogP contribution in [-0.2, 0) is 0 Å². The third kappa shape index (κ3) is 3.40. The molecule has 7 heteroatoms. The Morgan fingerprint density at radius 3 is 2.70 bits per heavy atom. The molecule has 0 unspecified atom stereocenters. The number of halogens is 2. The molecule has 0 aliphatic carbocycles. The monoisotopic (exact) mass is 357 g/mol. The van der Waals surface area contributed by atoms with Gasteiger partial charge in [-0.1, -0.05) is 11.6 Å². The Balaban J connectivity index is 2.32. The van der Waals surface area contributed by atoms with Gasteiger partial charge in [-0.3, -0.25) is 0 Å². The molecular weight excluding hydrogens is 350 g/mol. The number of carboxylic acid groups (broad SMARTS) is 1. The predicted molar refractivity (Wildman–Crippen MR) is 77.0 cm³/mol. The van der Waals surface area contributed by atoms with Crippen LogP contribution in [0.4, 0.5) is 0 Å². The zero-order valence-electron chi connectivity index (χ0n) is 10.3. The van der Waals surface area contributed by atoms with Crippen molar-refractivity contribution in [3.05, 3.63) is 45.5 Å². The number of pyridine rings is 1. The number of aromatic carboxylic acids is 1. The summed E-state index contributed by atoms with van der Waals surface area (Å²) in [6.07, 6.45) is 0. The fraction of sp³-hybridized carbons (Fsp3) is 0.0769. The molecule has 2 rings (SSSR count). The van der Waals surface area contributed by atoms with Gasteiger partial charge in [0.05, 0.1) is 17.1 Å². The largest absolute Gasteiger partial charge is 0.497 e. The van der Waals surface area contributed by atoms with Crippen molar-refractivity contribution in [2.24, 2.45) is 0 Å². The van der Waals surface area contributed by atoms with Gasteiger partial charge in [0.2, 0.25) is 5.88 Å². The van der Waals surface area contributed by atoms with E-state index in [0.717, 1.165) is 0 Å². The van der Waals surface area contributed by atoms with Gasteiger partial charge in [-0.25, -0.2) is 9.78 Å². The van der Waals surface area contributed by atoms with E-state index < -0.39 is 5.97 Å². The van der Waals surface area contributed by atoms with Gasteiger partial charge in [0.25, 0.3) is 0 Å². The molecule has 0 atom stereocenters. The van der Waals surface area contributed by atoms with Gasteiger partial charge < -0.3 is 14.6 Å². The van der Waals surface area contributed by atoms with Crippen LogP contribution in [0.15, 0.2) is 34.8 Å². The Bertz CT molecular complexity index is 663. The number of carboxylic acids is 1. The molecule has 0 aliphatic rings. The Morgan fingerprint density at radius 1 is 1.35 bits per heavy atom. The summed E-state index contributed by atoms with van der Waals surface area (Å²) in [7, 11) is 1.56. The molecule has 104 valence electrons. The molecule has 0 amide bonds. The standard InChI is InChI=1S/C13H9BrClNO4/c1-19-8-2-3-10(9(14)6-8)20-12-5-7(13(17)18)4-11(15)16-12/h2-6H,1H3,(H,17,18). The third-order valence-electron chi connectivity index (χ3n) is 2.37. The number of nitrogens with zero attached hydrogens (tertiary/aromatic N) is 1. The Labute approximate surface area is 128 Å². The number of aromatic nitrogens is 1. The number of ether oxygens (including phenoxy) is 2. The molecule has 0 saturated heterocycles. The molecule has 0 radical (unpaired) electrons. The topological polar surface area (TPSA) is 68.7 Å². The highest BCUT2D eigenvalue weighted by molar-refractivity contribution is 9.10. The van der Waals surface area contributed by atoms with Crippen molar-refractivity contribution in [1.82, 2.24) is 4.98 Å². The Kier molecular flexibility index (Phi) is 4.46. The molecule has 1 aromatic carbocycles. The average molecular weight is 359 g/mol. The molecule has 0 spiro atoms. The molecule has 5 nitrogen and oxygen atoms in total. The Hall–Kier alpha value is -1.79.